The van der Waals surface area contributed by atoms with Crippen molar-refractivity contribution in [2.24, 2.45) is 0 Å². The van der Waals surface area contributed by atoms with E-state index >= 15 is 0 Å². The van der Waals surface area contributed by atoms with Gasteiger partial charge in [0.2, 0.25) is 5.91 Å². The fourth-order valence-electron chi connectivity index (χ4n) is 2.81. The molecule has 1 N–H and O–H groups in total. The van der Waals surface area contributed by atoms with Gasteiger partial charge in [-0.2, -0.15) is 0 Å². The zero-order chi connectivity index (χ0) is 19.3. The summed E-state index contributed by atoms with van der Waals surface area (Å²) in [6, 6.07) is 0. The van der Waals surface area contributed by atoms with Gasteiger partial charge in [-0.25, -0.2) is 8.42 Å². The van der Waals surface area contributed by atoms with Gasteiger partial charge in [0.05, 0.1) is 37.8 Å². The van der Waals surface area contributed by atoms with Gasteiger partial charge in [-0.15, -0.1) is 0 Å². The molecule has 0 aliphatic carbocycles. The van der Waals surface area contributed by atoms with E-state index in [1.54, 1.807) is 0 Å². The number of rotatable bonds is 15. The average molecular weight is 402 g/mol. The van der Waals surface area contributed by atoms with Gasteiger partial charge in [-0.3, -0.25) is 4.79 Å². The van der Waals surface area contributed by atoms with E-state index in [0.717, 1.165) is 62.5 Å². The van der Waals surface area contributed by atoms with Gasteiger partial charge in [0, 0.05) is 24.6 Å². The smallest absolute Gasteiger partial charge is 0.748 e. The summed E-state index contributed by atoms with van der Waals surface area (Å²) >= 11 is 0. The minimum Gasteiger partial charge on any atom is -0.748 e. The molecule has 0 bridgehead atoms. The zero-order valence-corrected chi connectivity index (χ0v) is 20.4. The molecular weight excluding hydrogens is 363 g/mol. The SMILES string of the molecule is CCCC(CCCCCCCC(=O)NCCC[N+](C)(C)C)S(=O)(=O)[O-].[Na+]. The Balaban J connectivity index is 0. The largest absolute Gasteiger partial charge is 1.00 e. The molecule has 0 aromatic carbocycles. The summed E-state index contributed by atoms with van der Waals surface area (Å²) in [5.41, 5.74) is 0. The molecule has 0 saturated heterocycles. The number of nitrogens with zero attached hydrogens (tertiary/aromatic N) is 1. The van der Waals surface area contributed by atoms with Crippen LogP contribution in [0.15, 0.2) is 0 Å². The summed E-state index contributed by atoms with van der Waals surface area (Å²) in [6.45, 7) is 3.67. The molecule has 150 valence electrons. The Hall–Kier alpha value is 0.340. The van der Waals surface area contributed by atoms with Crippen LogP contribution >= 0.6 is 0 Å². The van der Waals surface area contributed by atoms with Crippen LogP contribution in [-0.4, -0.2) is 62.8 Å². The van der Waals surface area contributed by atoms with E-state index in [1.165, 1.54) is 0 Å². The molecule has 0 fully saturated rings. The number of amides is 1. The summed E-state index contributed by atoms with van der Waals surface area (Å²) in [5, 5.41) is 2.23. The fraction of sp³-hybridized carbons (Fsp3) is 0.944. The first kappa shape index (κ1) is 28.5. The molecule has 26 heavy (non-hydrogen) atoms. The van der Waals surface area contributed by atoms with Crippen LogP contribution in [0.5, 0.6) is 0 Å². The molecule has 0 rings (SSSR count). The van der Waals surface area contributed by atoms with E-state index in [4.69, 9.17) is 0 Å². The first-order valence-corrected chi connectivity index (χ1v) is 11.0. The number of hydrogen-bond donors (Lipinski definition) is 1. The molecule has 0 aromatic rings. The van der Waals surface area contributed by atoms with E-state index < -0.39 is 15.4 Å². The first-order chi connectivity index (χ1) is 11.6. The zero-order valence-electron chi connectivity index (χ0n) is 17.6. The van der Waals surface area contributed by atoms with Gasteiger partial charge < -0.3 is 14.4 Å². The van der Waals surface area contributed by atoms with Crippen LogP contribution < -0.4 is 34.9 Å². The molecule has 1 amide bonds. The molecule has 0 heterocycles. The summed E-state index contributed by atoms with van der Waals surface area (Å²) in [6.07, 6.45) is 7.67. The third-order valence-electron chi connectivity index (χ3n) is 4.28. The van der Waals surface area contributed by atoms with Gasteiger partial charge in [0.1, 0.15) is 0 Å². The Morgan fingerprint density at radius 3 is 2.12 bits per heavy atom. The van der Waals surface area contributed by atoms with Crippen molar-refractivity contribution in [3.63, 3.8) is 0 Å². The van der Waals surface area contributed by atoms with Crippen molar-refractivity contribution in [3.8, 4) is 0 Å². The fourth-order valence-corrected chi connectivity index (χ4v) is 3.79. The Morgan fingerprint density at radius 2 is 1.58 bits per heavy atom. The van der Waals surface area contributed by atoms with E-state index in [-0.39, 0.29) is 35.5 Å². The van der Waals surface area contributed by atoms with Crippen LogP contribution in [0, 0.1) is 0 Å². The predicted octanol–water partition coefficient (Wildman–Crippen LogP) is -0.352. The van der Waals surface area contributed by atoms with Gasteiger partial charge >= 0.3 is 29.6 Å². The number of quaternary nitrogens is 1. The molecule has 6 nitrogen and oxygen atoms in total. The number of unbranched alkanes of at least 4 members (excludes halogenated alkanes) is 4. The monoisotopic (exact) mass is 401 g/mol. The molecule has 0 aliphatic heterocycles. The van der Waals surface area contributed by atoms with Crippen LogP contribution in [0.1, 0.15) is 71.1 Å². The minimum absolute atomic E-state index is 0. The summed E-state index contributed by atoms with van der Waals surface area (Å²) in [5.74, 6) is 0.113. The third-order valence-corrected chi connectivity index (χ3v) is 5.56. The van der Waals surface area contributed by atoms with E-state index in [1.807, 2.05) is 6.92 Å². The molecule has 1 unspecified atom stereocenters. The summed E-state index contributed by atoms with van der Waals surface area (Å²) in [7, 11) is 2.25. The number of carbonyl (C=O) groups is 1. The standard InChI is InChI=1S/C18H38N2O4S.Na/c1-5-12-17(25(22,23)24)13-9-7-6-8-10-14-18(21)19-15-11-16-20(2,3)4;/h17H,5-16H2,1-4H3,(H-,19,21,22,23,24);/q;+1. The van der Waals surface area contributed by atoms with Crippen LogP contribution in [-0.2, 0) is 14.9 Å². The summed E-state index contributed by atoms with van der Waals surface area (Å²) < 4.78 is 34.3. The van der Waals surface area contributed by atoms with Crippen LogP contribution in [0.25, 0.3) is 0 Å². The second-order valence-corrected chi connectivity index (χ2v) is 9.58. The van der Waals surface area contributed by atoms with Crippen LogP contribution in [0.4, 0.5) is 0 Å². The van der Waals surface area contributed by atoms with Crippen LogP contribution in [0.3, 0.4) is 0 Å². The molecule has 0 aliphatic rings. The van der Waals surface area contributed by atoms with Gasteiger partial charge in [-0.05, 0) is 19.3 Å². The van der Waals surface area contributed by atoms with E-state index in [9.17, 15) is 17.8 Å². The molecule has 8 heteroatoms. The second kappa shape index (κ2) is 15.3. The van der Waals surface area contributed by atoms with E-state index in [2.05, 4.69) is 26.5 Å². The van der Waals surface area contributed by atoms with Crippen molar-refractivity contribution in [3.05, 3.63) is 0 Å². The Morgan fingerprint density at radius 1 is 1.00 bits per heavy atom. The van der Waals surface area contributed by atoms with Crippen molar-refractivity contribution in [2.75, 3.05) is 34.2 Å². The van der Waals surface area contributed by atoms with Crippen molar-refractivity contribution in [1.29, 1.82) is 0 Å². The molecule has 0 saturated carbocycles. The first-order valence-electron chi connectivity index (χ1n) is 9.58. The Kier molecular flexibility index (Phi) is 16.8. The van der Waals surface area contributed by atoms with E-state index in [0.29, 0.717) is 19.3 Å². The topological polar surface area (TPSA) is 86.3 Å². The number of carbonyl (C=O) groups excluding carboxylic acids is 1. The maximum atomic E-state index is 11.7. The summed E-state index contributed by atoms with van der Waals surface area (Å²) in [4.78, 5) is 11.7. The predicted molar refractivity (Wildman–Crippen MR) is 101 cm³/mol. The number of hydrogen-bond acceptors (Lipinski definition) is 4. The Bertz CT molecular complexity index is 464. The van der Waals surface area contributed by atoms with Gasteiger partial charge in [-0.1, -0.05) is 39.0 Å². The maximum absolute atomic E-state index is 11.7. The Labute approximate surface area is 183 Å². The molecule has 0 aromatic heterocycles. The van der Waals surface area contributed by atoms with Crippen molar-refractivity contribution in [1.82, 2.24) is 5.32 Å². The molecule has 0 radical (unpaired) electrons. The van der Waals surface area contributed by atoms with Crippen molar-refractivity contribution < 1.29 is 51.8 Å². The normalized spacial score (nSPS) is 13.1. The molecular formula is C18H38N2NaO4S+. The van der Waals surface area contributed by atoms with Gasteiger partial charge in [0.25, 0.3) is 0 Å². The quantitative estimate of drug-likeness (QED) is 0.176. The minimum atomic E-state index is -4.16. The molecule has 0 spiro atoms. The average Bonchev–Trinajstić information content (AvgIpc) is 2.47. The molecule has 1 atom stereocenters. The van der Waals surface area contributed by atoms with Crippen molar-refractivity contribution >= 4 is 16.0 Å². The third kappa shape index (κ3) is 17.7. The van der Waals surface area contributed by atoms with Crippen molar-refractivity contribution in [2.45, 2.75) is 76.4 Å². The van der Waals surface area contributed by atoms with Gasteiger partial charge in [0.15, 0.2) is 0 Å². The number of nitrogens with one attached hydrogen (secondary N) is 1. The van der Waals surface area contributed by atoms with Crippen LogP contribution in [0.2, 0.25) is 0 Å². The maximum Gasteiger partial charge on any atom is 1.00 e. The second-order valence-electron chi connectivity index (χ2n) is 7.93.